The van der Waals surface area contributed by atoms with Crippen LogP contribution in [0.2, 0.25) is 0 Å². The van der Waals surface area contributed by atoms with Crippen molar-refractivity contribution in [2.75, 3.05) is 17.2 Å². The Hall–Kier alpha value is -4.46. The minimum Gasteiger partial charge on any atom is -0.388 e. The summed E-state index contributed by atoms with van der Waals surface area (Å²) in [5.74, 6) is 1.66. The molecule has 0 aliphatic heterocycles. The molecule has 0 radical (unpaired) electrons. The molecule has 0 amide bonds. The van der Waals surface area contributed by atoms with Crippen LogP contribution in [-0.2, 0) is 0 Å². The van der Waals surface area contributed by atoms with Crippen LogP contribution in [0.4, 0.5) is 11.8 Å². The third kappa shape index (κ3) is 5.98. The van der Waals surface area contributed by atoms with Crippen molar-refractivity contribution in [3.05, 3.63) is 83.9 Å². The lowest BCUT2D eigenvalue weighted by Gasteiger charge is -2.27. The zero-order valence-corrected chi connectivity index (χ0v) is 25.2. The first-order chi connectivity index (χ1) is 21.9. The Bertz CT molecular complexity index is 1680. The minimum atomic E-state index is -1.08. The SMILES string of the molecule is Cc1nnn(C2CC(n3cnc4c(NCC(c5ccccc5)c5ccccc5)nc(NC5CCC(N)CC5)nc43)C(O)C2O)n1. The second-order valence-corrected chi connectivity index (χ2v) is 12.2. The van der Waals surface area contributed by atoms with Crippen LogP contribution >= 0.6 is 0 Å². The Morgan fingerprint density at radius 3 is 2.22 bits per heavy atom. The number of benzene rings is 2. The fourth-order valence-corrected chi connectivity index (χ4v) is 6.72. The van der Waals surface area contributed by atoms with Gasteiger partial charge in [0.05, 0.1) is 12.4 Å². The largest absolute Gasteiger partial charge is 0.388 e. The second kappa shape index (κ2) is 12.5. The number of aryl methyl sites for hydroxylation is 1. The van der Waals surface area contributed by atoms with Crippen molar-refractivity contribution in [1.29, 1.82) is 0 Å². The first kappa shape index (κ1) is 29.3. The van der Waals surface area contributed by atoms with E-state index in [9.17, 15) is 10.2 Å². The first-order valence-corrected chi connectivity index (χ1v) is 15.7. The molecule has 13 nitrogen and oxygen atoms in total. The van der Waals surface area contributed by atoms with Gasteiger partial charge in [0, 0.05) is 24.5 Å². The third-order valence-electron chi connectivity index (χ3n) is 9.21. The van der Waals surface area contributed by atoms with Gasteiger partial charge in [-0.25, -0.2) is 4.98 Å². The highest BCUT2D eigenvalue weighted by atomic mass is 16.3. The van der Waals surface area contributed by atoms with E-state index in [2.05, 4.69) is 74.6 Å². The lowest BCUT2D eigenvalue weighted by atomic mass is 9.91. The van der Waals surface area contributed by atoms with Crippen LogP contribution in [-0.4, -0.2) is 80.8 Å². The zero-order chi connectivity index (χ0) is 30.9. The number of anilines is 2. The van der Waals surface area contributed by atoms with E-state index in [-0.39, 0.29) is 18.0 Å². The van der Waals surface area contributed by atoms with E-state index in [1.807, 2.05) is 16.7 Å². The summed E-state index contributed by atoms with van der Waals surface area (Å²) in [6.45, 7) is 2.32. The van der Waals surface area contributed by atoms with Gasteiger partial charge in [-0.15, -0.1) is 10.2 Å². The van der Waals surface area contributed by atoms with E-state index in [1.165, 1.54) is 15.9 Å². The quantitative estimate of drug-likeness (QED) is 0.166. The fraction of sp³-hybridized carbons (Fsp3) is 0.438. The molecule has 2 aromatic carbocycles. The van der Waals surface area contributed by atoms with Gasteiger partial charge in [0.15, 0.2) is 22.8 Å². The maximum atomic E-state index is 11.2. The molecule has 4 unspecified atom stereocenters. The minimum absolute atomic E-state index is 0.0712. The van der Waals surface area contributed by atoms with Gasteiger partial charge in [-0.3, -0.25) is 0 Å². The van der Waals surface area contributed by atoms with Gasteiger partial charge in [0.1, 0.15) is 18.2 Å². The topological polar surface area (TPSA) is 178 Å². The monoisotopic (exact) mass is 609 g/mol. The first-order valence-electron chi connectivity index (χ1n) is 15.7. The summed E-state index contributed by atoms with van der Waals surface area (Å²) in [6, 6.07) is 20.2. The van der Waals surface area contributed by atoms with Crippen molar-refractivity contribution in [2.45, 2.75) is 81.3 Å². The highest BCUT2D eigenvalue weighted by Gasteiger charge is 2.45. The van der Waals surface area contributed by atoms with Crippen LogP contribution in [0.25, 0.3) is 11.2 Å². The fourth-order valence-electron chi connectivity index (χ4n) is 6.72. The van der Waals surface area contributed by atoms with Crippen LogP contribution in [0, 0.1) is 6.92 Å². The molecule has 3 heterocycles. The Labute approximate surface area is 260 Å². The van der Waals surface area contributed by atoms with Gasteiger partial charge < -0.3 is 31.1 Å². The molecule has 0 spiro atoms. The van der Waals surface area contributed by atoms with Crippen LogP contribution in [0.15, 0.2) is 67.0 Å². The van der Waals surface area contributed by atoms with Crippen molar-refractivity contribution < 1.29 is 10.2 Å². The van der Waals surface area contributed by atoms with E-state index in [0.717, 1.165) is 25.7 Å². The smallest absolute Gasteiger partial charge is 0.227 e. The number of fused-ring (bicyclic) bond motifs is 1. The van der Waals surface area contributed by atoms with Gasteiger partial charge in [-0.05, 0) is 55.4 Å². The number of aromatic nitrogens is 8. The number of tetrazole rings is 1. The standard InChI is InChI=1S/C32H39N11O2/c1-19-39-41-43(40-19)26-16-25(28(44)29(26)45)42-18-35-27-30(37-32(38-31(27)42)36-23-14-12-22(33)13-15-23)34-17-24(20-8-4-2-5-9-20)21-10-6-3-7-11-21/h2-11,18,22-26,28-29,44-45H,12-17,33H2,1H3,(H2,34,36,37,38). The molecule has 6 N–H and O–H groups in total. The number of nitrogens with zero attached hydrogens (tertiary/aromatic N) is 8. The van der Waals surface area contributed by atoms with E-state index in [1.54, 1.807) is 13.3 Å². The number of nitrogens with two attached hydrogens (primary N) is 1. The van der Waals surface area contributed by atoms with Crippen LogP contribution in [0.5, 0.6) is 0 Å². The maximum Gasteiger partial charge on any atom is 0.227 e. The van der Waals surface area contributed by atoms with Crippen LogP contribution in [0.3, 0.4) is 0 Å². The molecule has 13 heteroatoms. The molecule has 7 rings (SSSR count). The number of imidazole rings is 1. The molecule has 3 aromatic heterocycles. The Balaban J connectivity index is 1.23. The zero-order valence-electron chi connectivity index (χ0n) is 25.2. The summed E-state index contributed by atoms with van der Waals surface area (Å²) in [5.41, 5.74) is 9.70. The van der Waals surface area contributed by atoms with Crippen molar-refractivity contribution in [1.82, 2.24) is 39.7 Å². The summed E-state index contributed by atoms with van der Waals surface area (Å²) < 4.78 is 1.84. The molecule has 5 aromatic rings. The summed E-state index contributed by atoms with van der Waals surface area (Å²) in [4.78, 5) is 16.0. The molecule has 2 saturated carbocycles. The molecule has 2 aliphatic rings. The van der Waals surface area contributed by atoms with Gasteiger partial charge >= 0.3 is 0 Å². The molecule has 2 aliphatic carbocycles. The number of aliphatic hydroxyl groups is 2. The van der Waals surface area contributed by atoms with Crippen molar-refractivity contribution in [2.24, 2.45) is 5.73 Å². The predicted octanol–water partition coefficient (Wildman–Crippen LogP) is 2.95. The van der Waals surface area contributed by atoms with E-state index >= 15 is 0 Å². The van der Waals surface area contributed by atoms with Gasteiger partial charge in [-0.1, -0.05) is 60.7 Å². The van der Waals surface area contributed by atoms with Crippen molar-refractivity contribution in [3.63, 3.8) is 0 Å². The molecular weight excluding hydrogens is 570 g/mol. The van der Waals surface area contributed by atoms with Crippen LogP contribution < -0.4 is 16.4 Å². The van der Waals surface area contributed by atoms with Gasteiger partial charge in [0.2, 0.25) is 5.95 Å². The number of rotatable bonds is 9. The average molecular weight is 610 g/mol. The summed E-state index contributed by atoms with van der Waals surface area (Å²) in [7, 11) is 0. The number of hydrogen-bond acceptors (Lipinski definition) is 11. The van der Waals surface area contributed by atoms with E-state index in [4.69, 9.17) is 20.7 Å². The molecule has 0 saturated heterocycles. The van der Waals surface area contributed by atoms with Crippen LogP contribution in [0.1, 0.15) is 67.1 Å². The lowest BCUT2D eigenvalue weighted by Crippen LogP contribution is -2.33. The molecule has 234 valence electrons. The van der Waals surface area contributed by atoms with Crippen molar-refractivity contribution >= 4 is 22.9 Å². The van der Waals surface area contributed by atoms with Gasteiger partial charge in [-0.2, -0.15) is 14.8 Å². The third-order valence-corrected chi connectivity index (χ3v) is 9.21. The maximum absolute atomic E-state index is 11.2. The molecule has 45 heavy (non-hydrogen) atoms. The average Bonchev–Trinajstić information content (AvgIpc) is 3.76. The Kier molecular flexibility index (Phi) is 8.13. The highest BCUT2D eigenvalue weighted by molar-refractivity contribution is 5.84. The number of aliphatic hydroxyl groups excluding tert-OH is 2. The number of nitrogens with one attached hydrogen (secondary N) is 2. The summed E-state index contributed by atoms with van der Waals surface area (Å²) in [5, 5.41) is 41.7. The number of hydrogen-bond donors (Lipinski definition) is 5. The molecule has 4 atom stereocenters. The predicted molar refractivity (Wildman–Crippen MR) is 170 cm³/mol. The lowest BCUT2D eigenvalue weighted by molar-refractivity contribution is 0.00474. The molecule has 2 fully saturated rings. The Morgan fingerprint density at radius 2 is 1.58 bits per heavy atom. The highest BCUT2D eigenvalue weighted by Crippen LogP contribution is 2.40. The second-order valence-electron chi connectivity index (χ2n) is 12.2. The van der Waals surface area contributed by atoms with Crippen molar-refractivity contribution in [3.8, 4) is 0 Å². The normalized spacial score (nSPS) is 25.2. The van der Waals surface area contributed by atoms with E-state index in [0.29, 0.717) is 41.7 Å². The molecule has 0 bridgehead atoms. The van der Waals surface area contributed by atoms with E-state index < -0.39 is 24.3 Å². The molecular formula is C32H39N11O2. The van der Waals surface area contributed by atoms with Gasteiger partial charge in [0.25, 0.3) is 0 Å². The summed E-state index contributed by atoms with van der Waals surface area (Å²) >= 11 is 0. The Morgan fingerprint density at radius 1 is 0.911 bits per heavy atom. The summed E-state index contributed by atoms with van der Waals surface area (Å²) in [6.07, 6.45) is 3.66.